The van der Waals surface area contributed by atoms with Gasteiger partial charge in [0.2, 0.25) is 0 Å². The molecule has 84 valence electrons. The van der Waals surface area contributed by atoms with Crippen molar-refractivity contribution in [3.05, 3.63) is 0 Å². The van der Waals surface area contributed by atoms with Crippen molar-refractivity contribution in [2.24, 2.45) is 9.63 Å². The summed E-state index contributed by atoms with van der Waals surface area (Å²) in [6.07, 6.45) is 1.29. The maximum Gasteiger partial charge on any atom is 0.154 e. The van der Waals surface area contributed by atoms with Crippen LogP contribution in [0.25, 0.3) is 0 Å². The lowest BCUT2D eigenvalue weighted by atomic mass is 10.2. The molecule has 0 bridgehead atoms. The Bertz CT molecular complexity index is 264. The van der Waals surface area contributed by atoms with Crippen molar-refractivity contribution >= 4 is 18.2 Å². The van der Waals surface area contributed by atoms with E-state index in [1.165, 1.54) is 11.9 Å². The summed E-state index contributed by atoms with van der Waals surface area (Å²) < 4.78 is 9.51. The van der Waals surface area contributed by atoms with E-state index in [4.69, 9.17) is 4.74 Å². The number of rotatable bonds is 2. The maximum atomic E-state index is 10.8. The standard InChI is InChI=1S/C9H15N3O2S/c1-6-3-12(4-7(2)14-6)9-8(5-13)10-11-15-9/h5-9H,3-4H2,1-2H3. The van der Waals surface area contributed by atoms with Crippen molar-refractivity contribution < 1.29 is 9.53 Å². The molecule has 0 saturated carbocycles. The molecule has 0 aromatic rings. The Hall–Kier alpha value is -0.460. The van der Waals surface area contributed by atoms with Gasteiger partial charge in [0, 0.05) is 25.0 Å². The molecule has 0 aromatic heterocycles. The summed E-state index contributed by atoms with van der Waals surface area (Å²) in [5.41, 5.74) is 0. The van der Waals surface area contributed by atoms with Gasteiger partial charge in [0.1, 0.15) is 11.7 Å². The molecule has 2 aliphatic heterocycles. The summed E-state index contributed by atoms with van der Waals surface area (Å²) in [4.78, 5) is 13.0. The molecule has 0 amide bonds. The zero-order valence-electron chi connectivity index (χ0n) is 8.87. The van der Waals surface area contributed by atoms with Crippen molar-refractivity contribution in [3.8, 4) is 0 Å². The second kappa shape index (κ2) is 4.59. The third kappa shape index (κ3) is 2.38. The van der Waals surface area contributed by atoms with Gasteiger partial charge >= 0.3 is 0 Å². The number of hydrogen-bond donors (Lipinski definition) is 0. The molecular weight excluding hydrogens is 214 g/mol. The Morgan fingerprint density at radius 2 is 2.07 bits per heavy atom. The summed E-state index contributed by atoms with van der Waals surface area (Å²) in [6.45, 7) is 5.79. The third-order valence-corrected chi connectivity index (χ3v) is 3.56. The number of hydrogen-bond acceptors (Lipinski definition) is 6. The van der Waals surface area contributed by atoms with Gasteiger partial charge in [-0.3, -0.25) is 4.90 Å². The minimum atomic E-state index is -0.313. The van der Waals surface area contributed by atoms with Gasteiger partial charge in [0.15, 0.2) is 6.04 Å². The molecular formula is C9H15N3O2S. The molecule has 2 heterocycles. The molecule has 0 spiro atoms. The van der Waals surface area contributed by atoms with Gasteiger partial charge in [-0.25, -0.2) is 0 Å². The highest BCUT2D eigenvalue weighted by molar-refractivity contribution is 7.98. The fourth-order valence-electron chi connectivity index (χ4n) is 2.05. The number of aldehydes is 1. The van der Waals surface area contributed by atoms with Crippen molar-refractivity contribution in [1.82, 2.24) is 4.90 Å². The molecule has 0 radical (unpaired) electrons. The number of carbonyl (C=O) groups is 1. The van der Waals surface area contributed by atoms with Crippen molar-refractivity contribution in [3.63, 3.8) is 0 Å². The van der Waals surface area contributed by atoms with Crippen LogP contribution in [0.15, 0.2) is 9.63 Å². The van der Waals surface area contributed by atoms with E-state index >= 15 is 0 Å². The molecule has 2 rings (SSSR count). The Morgan fingerprint density at radius 3 is 2.67 bits per heavy atom. The minimum Gasteiger partial charge on any atom is -0.373 e. The first-order valence-electron chi connectivity index (χ1n) is 5.11. The third-order valence-electron chi connectivity index (χ3n) is 2.57. The monoisotopic (exact) mass is 229 g/mol. The predicted octanol–water partition coefficient (Wildman–Crippen LogP) is 1.10. The summed E-state index contributed by atoms with van der Waals surface area (Å²) in [5.74, 6) is 0. The molecule has 6 heteroatoms. The summed E-state index contributed by atoms with van der Waals surface area (Å²) in [5, 5.41) is 3.96. The van der Waals surface area contributed by atoms with Crippen LogP contribution in [0.3, 0.4) is 0 Å². The van der Waals surface area contributed by atoms with Crippen molar-refractivity contribution in [2.75, 3.05) is 13.1 Å². The highest BCUT2D eigenvalue weighted by Crippen LogP contribution is 2.30. The predicted molar refractivity (Wildman–Crippen MR) is 57.7 cm³/mol. The fraction of sp³-hybridized carbons (Fsp3) is 0.889. The molecule has 2 aliphatic rings. The van der Waals surface area contributed by atoms with E-state index in [9.17, 15) is 4.79 Å². The number of ether oxygens (including phenoxy) is 1. The highest BCUT2D eigenvalue weighted by atomic mass is 32.2. The zero-order chi connectivity index (χ0) is 10.8. The van der Waals surface area contributed by atoms with Crippen LogP contribution < -0.4 is 0 Å². The Balaban J connectivity index is 2.00. The second-order valence-corrected chi connectivity index (χ2v) is 4.89. The van der Waals surface area contributed by atoms with E-state index < -0.39 is 0 Å². The topological polar surface area (TPSA) is 54.3 Å². The van der Waals surface area contributed by atoms with E-state index in [2.05, 4.69) is 14.5 Å². The van der Waals surface area contributed by atoms with Gasteiger partial charge in [-0.05, 0) is 13.8 Å². The summed E-state index contributed by atoms with van der Waals surface area (Å²) in [7, 11) is 0. The highest BCUT2D eigenvalue weighted by Gasteiger charge is 2.36. The van der Waals surface area contributed by atoms with Crippen LogP contribution in [0.1, 0.15) is 13.8 Å². The number of morpholine rings is 1. The SMILES string of the molecule is CC1CN(C2SN=NC2C=O)CC(C)O1. The van der Waals surface area contributed by atoms with Gasteiger partial charge in [-0.1, -0.05) is 0 Å². The average Bonchev–Trinajstić information content (AvgIpc) is 2.63. The van der Waals surface area contributed by atoms with Crippen LogP contribution in [-0.2, 0) is 9.53 Å². The van der Waals surface area contributed by atoms with Gasteiger partial charge < -0.3 is 9.53 Å². The van der Waals surface area contributed by atoms with Crippen molar-refractivity contribution in [2.45, 2.75) is 37.5 Å². The van der Waals surface area contributed by atoms with Gasteiger partial charge in [-0.15, -0.1) is 4.52 Å². The number of nitrogens with zero attached hydrogens (tertiary/aromatic N) is 3. The maximum absolute atomic E-state index is 10.8. The Morgan fingerprint density at radius 1 is 1.40 bits per heavy atom. The van der Waals surface area contributed by atoms with E-state index in [0.717, 1.165) is 19.4 Å². The first-order chi connectivity index (χ1) is 7.20. The normalized spacial score (nSPS) is 42.0. The van der Waals surface area contributed by atoms with Crippen molar-refractivity contribution in [1.29, 1.82) is 0 Å². The quantitative estimate of drug-likeness (QED) is 0.525. The van der Waals surface area contributed by atoms with E-state index in [0.29, 0.717) is 0 Å². The van der Waals surface area contributed by atoms with Crippen LogP contribution in [0.5, 0.6) is 0 Å². The Kier molecular flexibility index (Phi) is 3.38. The smallest absolute Gasteiger partial charge is 0.154 e. The lowest BCUT2D eigenvalue weighted by Gasteiger charge is -2.38. The first kappa shape index (κ1) is 11.0. The molecule has 0 N–H and O–H groups in total. The van der Waals surface area contributed by atoms with Crippen LogP contribution in [0.4, 0.5) is 0 Å². The van der Waals surface area contributed by atoms with E-state index in [-0.39, 0.29) is 23.6 Å². The molecule has 15 heavy (non-hydrogen) atoms. The second-order valence-electron chi connectivity index (χ2n) is 4.03. The zero-order valence-corrected chi connectivity index (χ0v) is 9.68. The molecule has 1 saturated heterocycles. The average molecular weight is 229 g/mol. The van der Waals surface area contributed by atoms with Gasteiger partial charge in [0.25, 0.3) is 0 Å². The van der Waals surface area contributed by atoms with Gasteiger partial charge in [-0.2, -0.15) is 5.11 Å². The Labute approximate surface area is 93.4 Å². The lowest BCUT2D eigenvalue weighted by molar-refractivity contribution is -0.111. The molecule has 5 nitrogen and oxygen atoms in total. The molecule has 4 unspecified atom stereocenters. The van der Waals surface area contributed by atoms with Crippen LogP contribution in [0.2, 0.25) is 0 Å². The fourth-order valence-corrected chi connectivity index (χ4v) is 2.86. The van der Waals surface area contributed by atoms with Crippen LogP contribution in [0, 0.1) is 0 Å². The summed E-state index contributed by atoms with van der Waals surface area (Å²) in [6, 6.07) is -0.313. The van der Waals surface area contributed by atoms with Gasteiger partial charge in [0.05, 0.1) is 12.2 Å². The number of carbonyl (C=O) groups excluding carboxylic acids is 1. The minimum absolute atomic E-state index is 0.0660. The first-order valence-corrected chi connectivity index (χ1v) is 5.95. The van der Waals surface area contributed by atoms with E-state index in [1.54, 1.807) is 0 Å². The van der Waals surface area contributed by atoms with E-state index in [1.807, 2.05) is 13.8 Å². The molecule has 1 fully saturated rings. The largest absolute Gasteiger partial charge is 0.373 e. The van der Waals surface area contributed by atoms with Crippen LogP contribution in [-0.4, -0.2) is 47.9 Å². The molecule has 0 aliphatic carbocycles. The molecule has 4 atom stereocenters. The lowest BCUT2D eigenvalue weighted by Crippen LogP contribution is -2.51. The summed E-state index contributed by atoms with van der Waals surface area (Å²) >= 11 is 1.38. The molecule has 0 aromatic carbocycles. The van der Waals surface area contributed by atoms with Crippen LogP contribution >= 0.6 is 11.9 Å².